The molecule has 0 bridgehead atoms. The van der Waals surface area contributed by atoms with E-state index in [0.717, 1.165) is 11.3 Å². The topological polar surface area (TPSA) is 111 Å². The van der Waals surface area contributed by atoms with E-state index in [2.05, 4.69) is 10.3 Å². The molecule has 2 aromatic rings. The smallest absolute Gasteiger partial charge is 0.350 e. The molecule has 0 radical (unpaired) electrons. The molecule has 0 aliphatic rings. The van der Waals surface area contributed by atoms with E-state index in [4.69, 9.17) is 4.74 Å². The highest BCUT2D eigenvalue weighted by Gasteiger charge is 2.17. The number of amides is 1. The number of esters is 1. The number of thiazole rings is 1. The predicted molar refractivity (Wildman–Crippen MR) is 88.2 cm³/mol. The molecular weight excluding hydrogens is 334 g/mol. The average Bonchev–Trinajstić information content (AvgIpc) is 2.88. The van der Waals surface area contributed by atoms with Crippen molar-refractivity contribution < 1.29 is 19.2 Å². The molecular formula is C15H15N3O5S. The van der Waals surface area contributed by atoms with Crippen LogP contribution in [0.2, 0.25) is 0 Å². The summed E-state index contributed by atoms with van der Waals surface area (Å²) in [5.41, 5.74) is 1.09. The second-order valence-corrected chi connectivity index (χ2v) is 5.80. The number of ether oxygens (including phenoxy) is 1. The van der Waals surface area contributed by atoms with Crippen molar-refractivity contribution in [2.24, 2.45) is 0 Å². The van der Waals surface area contributed by atoms with E-state index in [0.29, 0.717) is 21.3 Å². The summed E-state index contributed by atoms with van der Waals surface area (Å²) in [5, 5.41) is 13.5. The van der Waals surface area contributed by atoms with Crippen molar-refractivity contribution in [2.45, 2.75) is 20.3 Å². The van der Waals surface area contributed by atoms with Gasteiger partial charge in [-0.3, -0.25) is 14.9 Å². The molecule has 0 aliphatic heterocycles. The molecule has 0 atom stereocenters. The first kappa shape index (κ1) is 17.5. The third-order valence-electron chi connectivity index (χ3n) is 3.02. The molecule has 2 rings (SSSR count). The van der Waals surface area contributed by atoms with Crippen molar-refractivity contribution >= 4 is 34.0 Å². The minimum Gasteiger partial charge on any atom is -0.462 e. The SMILES string of the molecule is CCOC(=O)c1sc(NC(=O)Cc2ccc([N+](=O)[O-])cc2)nc1C. The first-order chi connectivity index (χ1) is 11.4. The molecule has 0 aliphatic carbocycles. The molecule has 8 nitrogen and oxygen atoms in total. The van der Waals surface area contributed by atoms with Crippen LogP contribution in [-0.4, -0.2) is 28.4 Å². The van der Waals surface area contributed by atoms with E-state index in [1.807, 2.05) is 0 Å². The summed E-state index contributed by atoms with van der Waals surface area (Å²) in [6.07, 6.45) is 0.0470. The zero-order valence-electron chi connectivity index (χ0n) is 13.1. The lowest BCUT2D eigenvalue weighted by atomic mass is 10.1. The van der Waals surface area contributed by atoms with Crippen molar-refractivity contribution in [2.75, 3.05) is 11.9 Å². The maximum Gasteiger partial charge on any atom is 0.350 e. The zero-order valence-corrected chi connectivity index (χ0v) is 13.9. The number of hydrogen-bond acceptors (Lipinski definition) is 7. The second kappa shape index (κ2) is 7.64. The van der Waals surface area contributed by atoms with Crippen molar-refractivity contribution in [3.63, 3.8) is 0 Å². The van der Waals surface area contributed by atoms with Crippen molar-refractivity contribution in [1.82, 2.24) is 4.98 Å². The molecule has 1 aromatic carbocycles. The van der Waals surface area contributed by atoms with Crippen LogP contribution in [0.25, 0.3) is 0 Å². The average molecular weight is 349 g/mol. The number of nitrogens with one attached hydrogen (secondary N) is 1. The van der Waals surface area contributed by atoms with Crippen LogP contribution >= 0.6 is 11.3 Å². The van der Waals surface area contributed by atoms with E-state index in [-0.39, 0.29) is 24.6 Å². The van der Waals surface area contributed by atoms with Gasteiger partial charge in [0.2, 0.25) is 5.91 Å². The van der Waals surface area contributed by atoms with E-state index in [1.165, 1.54) is 24.3 Å². The van der Waals surface area contributed by atoms with Crippen LogP contribution in [0.1, 0.15) is 27.9 Å². The van der Waals surface area contributed by atoms with Crippen molar-refractivity contribution in [3.8, 4) is 0 Å². The Hall–Kier alpha value is -2.81. The number of nitro benzene ring substituents is 1. The molecule has 1 N–H and O–H groups in total. The molecule has 1 heterocycles. The third kappa shape index (κ3) is 4.35. The van der Waals surface area contributed by atoms with E-state index >= 15 is 0 Å². The number of nitro groups is 1. The van der Waals surface area contributed by atoms with Gasteiger partial charge in [0, 0.05) is 12.1 Å². The number of benzene rings is 1. The molecule has 9 heteroatoms. The van der Waals surface area contributed by atoms with Crippen LogP contribution in [-0.2, 0) is 16.0 Å². The first-order valence-electron chi connectivity index (χ1n) is 7.08. The molecule has 0 spiro atoms. The number of carbonyl (C=O) groups is 2. The second-order valence-electron chi connectivity index (χ2n) is 4.80. The monoisotopic (exact) mass is 349 g/mol. The Bertz CT molecular complexity index is 770. The minimum atomic E-state index is -0.501. The summed E-state index contributed by atoms with van der Waals surface area (Å²) in [7, 11) is 0. The molecule has 0 saturated heterocycles. The Balaban J connectivity index is 2.01. The van der Waals surface area contributed by atoms with Gasteiger partial charge in [-0.15, -0.1) is 0 Å². The molecule has 126 valence electrons. The van der Waals surface area contributed by atoms with Gasteiger partial charge in [-0.05, 0) is 19.4 Å². The lowest BCUT2D eigenvalue weighted by Crippen LogP contribution is -2.14. The number of non-ortho nitro benzene ring substituents is 1. The third-order valence-corrected chi connectivity index (χ3v) is 4.07. The van der Waals surface area contributed by atoms with Crippen LogP contribution in [0.3, 0.4) is 0 Å². The number of carbonyl (C=O) groups excluding carboxylic acids is 2. The predicted octanol–water partition coefficient (Wildman–Crippen LogP) is 2.72. The summed E-state index contributed by atoms with van der Waals surface area (Å²) in [5.74, 6) is -0.795. The van der Waals surface area contributed by atoms with Gasteiger partial charge in [0.05, 0.1) is 23.6 Å². The Kier molecular flexibility index (Phi) is 5.59. The summed E-state index contributed by atoms with van der Waals surface area (Å²) in [6, 6.07) is 5.73. The van der Waals surface area contributed by atoms with Gasteiger partial charge in [0.1, 0.15) is 4.88 Å². The van der Waals surface area contributed by atoms with Gasteiger partial charge in [-0.1, -0.05) is 23.5 Å². The van der Waals surface area contributed by atoms with E-state index in [1.54, 1.807) is 13.8 Å². The Morgan fingerprint density at radius 1 is 1.33 bits per heavy atom. The van der Waals surface area contributed by atoms with Crippen LogP contribution in [0.5, 0.6) is 0 Å². The summed E-state index contributed by atoms with van der Waals surface area (Å²) in [4.78, 5) is 38.3. The first-order valence-corrected chi connectivity index (χ1v) is 7.90. The van der Waals surface area contributed by atoms with Crippen molar-refractivity contribution in [3.05, 3.63) is 50.5 Å². The fourth-order valence-electron chi connectivity index (χ4n) is 1.92. The van der Waals surface area contributed by atoms with Crippen LogP contribution in [0.15, 0.2) is 24.3 Å². The van der Waals surface area contributed by atoms with Gasteiger partial charge in [-0.2, -0.15) is 0 Å². The fourth-order valence-corrected chi connectivity index (χ4v) is 2.80. The molecule has 1 aromatic heterocycles. The maximum atomic E-state index is 12.0. The lowest BCUT2D eigenvalue weighted by molar-refractivity contribution is -0.384. The molecule has 0 fully saturated rings. The van der Waals surface area contributed by atoms with Crippen LogP contribution in [0.4, 0.5) is 10.8 Å². The maximum absolute atomic E-state index is 12.0. The quantitative estimate of drug-likeness (QED) is 0.487. The lowest BCUT2D eigenvalue weighted by Gasteiger charge is -2.02. The number of rotatable bonds is 6. The van der Waals surface area contributed by atoms with Gasteiger partial charge >= 0.3 is 5.97 Å². The van der Waals surface area contributed by atoms with Gasteiger partial charge in [-0.25, -0.2) is 9.78 Å². The highest BCUT2D eigenvalue weighted by Crippen LogP contribution is 2.23. The summed E-state index contributed by atoms with van der Waals surface area (Å²) in [6.45, 7) is 3.63. The highest BCUT2D eigenvalue weighted by atomic mass is 32.1. The number of anilines is 1. The van der Waals surface area contributed by atoms with Crippen LogP contribution in [0, 0.1) is 17.0 Å². The number of aryl methyl sites for hydroxylation is 1. The summed E-state index contributed by atoms with van der Waals surface area (Å²) >= 11 is 1.05. The minimum absolute atomic E-state index is 0.0335. The normalized spacial score (nSPS) is 10.2. The Morgan fingerprint density at radius 2 is 2.00 bits per heavy atom. The number of nitrogens with zero attached hydrogens (tertiary/aromatic N) is 2. The Labute approximate surface area is 141 Å². The van der Waals surface area contributed by atoms with Crippen molar-refractivity contribution in [1.29, 1.82) is 0 Å². The molecule has 0 saturated carbocycles. The molecule has 0 unspecified atom stereocenters. The summed E-state index contributed by atoms with van der Waals surface area (Å²) < 4.78 is 4.92. The van der Waals surface area contributed by atoms with Gasteiger partial charge < -0.3 is 10.1 Å². The zero-order chi connectivity index (χ0) is 17.7. The van der Waals surface area contributed by atoms with E-state index in [9.17, 15) is 19.7 Å². The number of aromatic nitrogens is 1. The Morgan fingerprint density at radius 3 is 2.58 bits per heavy atom. The highest BCUT2D eigenvalue weighted by molar-refractivity contribution is 7.17. The standard InChI is InChI=1S/C15H15N3O5S/c1-3-23-14(20)13-9(2)16-15(24-13)17-12(19)8-10-4-6-11(7-5-10)18(21)22/h4-7H,3,8H2,1-2H3,(H,16,17,19). The van der Waals surface area contributed by atoms with Gasteiger partial charge in [0.25, 0.3) is 5.69 Å². The largest absolute Gasteiger partial charge is 0.462 e. The van der Waals surface area contributed by atoms with Crippen LogP contribution < -0.4 is 5.32 Å². The number of hydrogen-bond donors (Lipinski definition) is 1. The fraction of sp³-hybridized carbons (Fsp3) is 0.267. The van der Waals surface area contributed by atoms with Gasteiger partial charge in [0.15, 0.2) is 5.13 Å². The molecule has 24 heavy (non-hydrogen) atoms. The molecule has 1 amide bonds. The van der Waals surface area contributed by atoms with E-state index < -0.39 is 10.9 Å².